The third-order valence-corrected chi connectivity index (χ3v) is 6.19. The fourth-order valence-electron chi connectivity index (χ4n) is 3.76. The first-order chi connectivity index (χ1) is 13.7. The van der Waals surface area contributed by atoms with Gasteiger partial charge in [0.15, 0.2) is 0 Å². The Morgan fingerprint density at radius 2 is 1.11 bits per heavy atom. The zero-order chi connectivity index (χ0) is 19.4. The summed E-state index contributed by atoms with van der Waals surface area (Å²) in [6, 6.07) is 36.4. The van der Waals surface area contributed by atoms with Crippen LogP contribution in [0, 0.1) is 5.82 Å². The van der Waals surface area contributed by atoms with E-state index in [1.54, 1.807) is 0 Å². The third-order valence-electron chi connectivity index (χ3n) is 5.21. The topological polar surface area (TPSA) is 0 Å². The zero-order valence-corrected chi connectivity index (χ0v) is 16.7. The molecule has 0 heterocycles. The van der Waals surface area contributed by atoms with Crippen LogP contribution in [0.1, 0.15) is 27.8 Å². The summed E-state index contributed by atoms with van der Waals surface area (Å²) in [6.45, 7) is 0. The number of halogens is 1. The molecule has 28 heavy (non-hydrogen) atoms. The molecular weight excluding hydrogens is 362 g/mol. The van der Waals surface area contributed by atoms with Crippen molar-refractivity contribution in [3.05, 3.63) is 143 Å². The van der Waals surface area contributed by atoms with Gasteiger partial charge in [-0.1, -0.05) is 97.1 Å². The van der Waals surface area contributed by atoms with Crippen molar-refractivity contribution in [2.45, 2.75) is 11.6 Å². The second-order valence-electron chi connectivity index (χ2n) is 7.00. The van der Waals surface area contributed by atoms with Gasteiger partial charge in [-0.25, -0.2) is 4.39 Å². The molecule has 0 spiro atoms. The summed E-state index contributed by atoms with van der Waals surface area (Å²) in [5, 5.41) is -0.362. The fraction of sp³-hybridized carbons (Fsp3) is 0.0769. The van der Waals surface area contributed by atoms with Crippen molar-refractivity contribution in [3.63, 3.8) is 0 Å². The smallest absolute Gasteiger partial charge is 0.123 e. The van der Waals surface area contributed by atoms with Crippen LogP contribution in [0.5, 0.6) is 0 Å². The molecular formula is C26H22FP. The summed E-state index contributed by atoms with van der Waals surface area (Å²) < 4.78 is 13.3. The van der Waals surface area contributed by atoms with E-state index in [1.165, 1.54) is 34.4 Å². The highest BCUT2D eigenvalue weighted by Gasteiger charge is 2.33. The molecule has 4 rings (SSSR count). The molecule has 4 aromatic carbocycles. The van der Waals surface area contributed by atoms with Gasteiger partial charge in [0.25, 0.3) is 0 Å². The van der Waals surface area contributed by atoms with Crippen molar-refractivity contribution < 1.29 is 4.39 Å². The molecule has 2 heteroatoms. The molecule has 0 saturated heterocycles. The van der Waals surface area contributed by atoms with E-state index in [-0.39, 0.29) is 11.0 Å². The van der Waals surface area contributed by atoms with Gasteiger partial charge >= 0.3 is 0 Å². The largest absolute Gasteiger partial charge is 0.207 e. The van der Waals surface area contributed by atoms with Crippen LogP contribution in [-0.4, -0.2) is 0 Å². The van der Waals surface area contributed by atoms with Crippen LogP contribution in [0.4, 0.5) is 4.39 Å². The Morgan fingerprint density at radius 1 is 0.607 bits per heavy atom. The van der Waals surface area contributed by atoms with Gasteiger partial charge in [0.1, 0.15) is 5.82 Å². The van der Waals surface area contributed by atoms with Gasteiger partial charge in [0.2, 0.25) is 0 Å². The minimum atomic E-state index is -0.362. The Bertz CT molecular complexity index is 1000. The standard InChI is InChI=1S/C26H22FP/c27-24-17-15-20(16-18-24)19-21-9-7-8-14-25(21)26(28,22-10-3-1-4-11-22)23-12-5-2-6-13-23/h1-18H,19,28H2. The van der Waals surface area contributed by atoms with Gasteiger partial charge in [0, 0.05) is 0 Å². The quantitative estimate of drug-likeness (QED) is 0.269. The maximum absolute atomic E-state index is 13.3. The third kappa shape index (κ3) is 3.63. The molecule has 4 aromatic rings. The average molecular weight is 384 g/mol. The normalized spacial score (nSPS) is 11.4. The van der Waals surface area contributed by atoms with E-state index in [4.69, 9.17) is 0 Å². The Kier molecular flexibility index (Phi) is 5.37. The average Bonchev–Trinajstić information content (AvgIpc) is 2.76. The van der Waals surface area contributed by atoms with Gasteiger partial charge in [-0.05, 0) is 46.4 Å². The van der Waals surface area contributed by atoms with E-state index >= 15 is 0 Å². The summed E-state index contributed by atoms with van der Waals surface area (Å²) >= 11 is 0. The van der Waals surface area contributed by atoms with Crippen LogP contribution >= 0.6 is 9.24 Å². The van der Waals surface area contributed by atoms with Gasteiger partial charge in [0.05, 0.1) is 5.16 Å². The maximum Gasteiger partial charge on any atom is 0.123 e. The van der Waals surface area contributed by atoms with E-state index in [9.17, 15) is 4.39 Å². The van der Waals surface area contributed by atoms with Crippen molar-refractivity contribution in [2.75, 3.05) is 0 Å². The van der Waals surface area contributed by atoms with Gasteiger partial charge < -0.3 is 0 Å². The molecule has 0 bridgehead atoms. The lowest BCUT2D eigenvalue weighted by molar-refractivity contribution is 0.627. The van der Waals surface area contributed by atoms with Crippen LogP contribution in [-0.2, 0) is 11.6 Å². The van der Waals surface area contributed by atoms with Crippen molar-refractivity contribution in [1.82, 2.24) is 0 Å². The summed E-state index contributed by atoms with van der Waals surface area (Å²) in [6.07, 6.45) is 0.756. The SMILES string of the molecule is Fc1ccc(Cc2ccccc2C(P)(c2ccccc2)c2ccccc2)cc1. The fourth-order valence-corrected chi connectivity index (χ4v) is 4.43. The molecule has 0 aliphatic heterocycles. The Morgan fingerprint density at radius 3 is 1.68 bits per heavy atom. The van der Waals surface area contributed by atoms with Gasteiger partial charge in [-0.3, -0.25) is 0 Å². The first kappa shape index (κ1) is 18.6. The number of rotatable bonds is 5. The molecule has 0 aliphatic carbocycles. The Labute approximate surface area is 168 Å². The van der Waals surface area contributed by atoms with Crippen LogP contribution in [0.3, 0.4) is 0 Å². The highest BCUT2D eigenvalue weighted by Crippen LogP contribution is 2.46. The van der Waals surface area contributed by atoms with E-state index in [1.807, 2.05) is 24.3 Å². The molecule has 0 nitrogen and oxygen atoms in total. The summed E-state index contributed by atoms with van der Waals surface area (Å²) in [5.41, 5.74) is 6.01. The molecule has 0 fully saturated rings. The molecule has 0 aliphatic rings. The molecule has 1 atom stereocenters. The van der Waals surface area contributed by atoms with E-state index < -0.39 is 0 Å². The van der Waals surface area contributed by atoms with Gasteiger partial charge in [-0.15, -0.1) is 9.24 Å². The minimum absolute atomic E-state index is 0.203. The lowest BCUT2D eigenvalue weighted by Gasteiger charge is -2.33. The van der Waals surface area contributed by atoms with Crippen LogP contribution < -0.4 is 0 Å². The van der Waals surface area contributed by atoms with Crippen LogP contribution in [0.25, 0.3) is 0 Å². The number of hydrogen-bond acceptors (Lipinski definition) is 0. The second kappa shape index (κ2) is 8.09. The Hall–Kier alpha value is -2.76. The number of hydrogen-bond donors (Lipinski definition) is 0. The molecule has 138 valence electrons. The van der Waals surface area contributed by atoms with Gasteiger partial charge in [-0.2, -0.15) is 0 Å². The maximum atomic E-state index is 13.3. The van der Waals surface area contributed by atoms with E-state index in [2.05, 4.69) is 82.0 Å². The van der Waals surface area contributed by atoms with Crippen LogP contribution in [0.2, 0.25) is 0 Å². The van der Waals surface area contributed by atoms with Crippen molar-refractivity contribution >= 4 is 9.24 Å². The summed E-state index contributed by atoms with van der Waals surface area (Å²) in [5.74, 6) is -0.203. The molecule has 0 aromatic heterocycles. The monoisotopic (exact) mass is 384 g/mol. The minimum Gasteiger partial charge on any atom is -0.207 e. The molecule has 0 amide bonds. The first-order valence-electron chi connectivity index (χ1n) is 9.40. The summed E-state index contributed by atoms with van der Waals surface area (Å²) in [4.78, 5) is 0. The Balaban J connectivity index is 1.87. The highest BCUT2D eigenvalue weighted by atomic mass is 31.0. The lowest BCUT2D eigenvalue weighted by Crippen LogP contribution is -2.23. The van der Waals surface area contributed by atoms with Crippen LogP contribution in [0.15, 0.2) is 109 Å². The molecule has 1 unspecified atom stereocenters. The zero-order valence-electron chi connectivity index (χ0n) is 15.6. The van der Waals surface area contributed by atoms with E-state index in [0.29, 0.717) is 0 Å². The number of benzene rings is 4. The van der Waals surface area contributed by atoms with Crippen molar-refractivity contribution in [1.29, 1.82) is 0 Å². The first-order valence-corrected chi connectivity index (χ1v) is 9.98. The predicted molar refractivity (Wildman–Crippen MR) is 118 cm³/mol. The summed E-state index contributed by atoms with van der Waals surface area (Å²) in [7, 11) is 3.11. The van der Waals surface area contributed by atoms with Crippen molar-refractivity contribution in [3.8, 4) is 0 Å². The molecule has 0 N–H and O–H groups in total. The molecule has 0 saturated carbocycles. The lowest BCUT2D eigenvalue weighted by atomic mass is 9.80. The predicted octanol–water partition coefficient (Wildman–Crippen LogP) is 6.58. The highest BCUT2D eigenvalue weighted by molar-refractivity contribution is 7.19. The molecule has 0 radical (unpaired) electrons. The van der Waals surface area contributed by atoms with E-state index in [0.717, 1.165) is 12.0 Å². The van der Waals surface area contributed by atoms with Crippen molar-refractivity contribution in [2.24, 2.45) is 0 Å². The second-order valence-corrected chi connectivity index (χ2v) is 7.87.